The van der Waals surface area contributed by atoms with Crippen molar-refractivity contribution in [2.75, 3.05) is 11.9 Å². The molecule has 1 N–H and O–H groups in total. The highest BCUT2D eigenvalue weighted by molar-refractivity contribution is 5.90. The van der Waals surface area contributed by atoms with Crippen molar-refractivity contribution in [3.8, 4) is 17.1 Å². The zero-order valence-corrected chi connectivity index (χ0v) is 14.2. The molecule has 0 atom stereocenters. The summed E-state index contributed by atoms with van der Waals surface area (Å²) in [4.78, 5) is 16.2. The lowest BCUT2D eigenvalue weighted by Gasteiger charge is -2.03. The summed E-state index contributed by atoms with van der Waals surface area (Å²) in [6, 6.07) is 13.0. The number of rotatable bonds is 7. The summed E-state index contributed by atoms with van der Waals surface area (Å²) < 4.78 is 23.4. The molecule has 1 amide bonds. The van der Waals surface area contributed by atoms with Crippen LogP contribution in [0.15, 0.2) is 53.1 Å². The topological polar surface area (TPSA) is 77.2 Å². The molecule has 0 radical (unpaired) electrons. The van der Waals surface area contributed by atoms with Crippen molar-refractivity contribution in [2.45, 2.75) is 19.8 Å². The number of amides is 1. The lowest BCUT2D eigenvalue weighted by molar-refractivity contribution is -0.116. The minimum absolute atomic E-state index is 0.183. The SMILES string of the molecule is CCOc1ccc(-c2noc(CCC(=O)Nc3ccc(F)cc3)n2)cc1. The van der Waals surface area contributed by atoms with Gasteiger partial charge in [-0.25, -0.2) is 4.39 Å². The van der Waals surface area contributed by atoms with Crippen molar-refractivity contribution < 1.29 is 18.4 Å². The van der Waals surface area contributed by atoms with Gasteiger partial charge in [-0.2, -0.15) is 4.98 Å². The largest absolute Gasteiger partial charge is 0.494 e. The molecule has 0 aliphatic carbocycles. The number of anilines is 1. The minimum Gasteiger partial charge on any atom is -0.494 e. The fraction of sp³-hybridized carbons (Fsp3) is 0.211. The maximum Gasteiger partial charge on any atom is 0.227 e. The highest BCUT2D eigenvalue weighted by Gasteiger charge is 2.11. The van der Waals surface area contributed by atoms with E-state index in [0.29, 0.717) is 30.4 Å². The van der Waals surface area contributed by atoms with Crippen LogP contribution in [0.1, 0.15) is 19.2 Å². The number of carbonyl (C=O) groups excluding carboxylic acids is 1. The highest BCUT2D eigenvalue weighted by Crippen LogP contribution is 2.20. The number of aromatic nitrogens is 2. The van der Waals surface area contributed by atoms with Gasteiger partial charge in [-0.15, -0.1) is 0 Å². The van der Waals surface area contributed by atoms with Gasteiger partial charge in [0.2, 0.25) is 17.6 Å². The molecule has 0 unspecified atom stereocenters. The van der Waals surface area contributed by atoms with Crippen LogP contribution in [-0.2, 0) is 11.2 Å². The van der Waals surface area contributed by atoms with E-state index in [2.05, 4.69) is 15.5 Å². The number of halogens is 1. The Morgan fingerprint density at radius 2 is 1.88 bits per heavy atom. The van der Waals surface area contributed by atoms with Gasteiger partial charge in [0.25, 0.3) is 0 Å². The van der Waals surface area contributed by atoms with Crippen molar-refractivity contribution >= 4 is 11.6 Å². The van der Waals surface area contributed by atoms with E-state index in [1.54, 1.807) is 0 Å². The van der Waals surface area contributed by atoms with Crippen LogP contribution in [0.25, 0.3) is 11.4 Å². The summed E-state index contributed by atoms with van der Waals surface area (Å²) in [5, 5.41) is 6.62. The number of nitrogens with one attached hydrogen (secondary N) is 1. The van der Waals surface area contributed by atoms with Gasteiger partial charge in [0.1, 0.15) is 11.6 Å². The molecule has 26 heavy (non-hydrogen) atoms. The highest BCUT2D eigenvalue weighted by atomic mass is 19.1. The van der Waals surface area contributed by atoms with Gasteiger partial charge in [0.05, 0.1) is 6.61 Å². The second-order valence-electron chi connectivity index (χ2n) is 5.52. The van der Waals surface area contributed by atoms with Crippen LogP contribution >= 0.6 is 0 Å². The van der Waals surface area contributed by atoms with Crippen LogP contribution in [0.4, 0.5) is 10.1 Å². The van der Waals surface area contributed by atoms with E-state index < -0.39 is 0 Å². The van der Waals surface area contributed by atoms with Crippen molar-refractivity contribution in [3.05, 3.63) is 60.2 Å². The summed E-state index contributed by atoms with van der Waals surface area (Å²) >= 11 is 0. The average Bonchev–Trinajstić information content (AvgIpc) is 3.12. The smallest absolute Gasteiger partial charge is 0.227 e. The zero-order chi connectivity index (χ0) is 18.4. The third kappa shape index (κ3) is 4.66. The lowest BCUT2D eigenvalue weighted by Crippen LogP contribution is -2.12. The third-order valence-electron chi connectivity index (χ3n) is 3.59. The first-order chi connectivity index (χ1) is 12.6. The van der Waals surface area contributed by atoms with Crippen molar-refractivity contribution in [1.82, 2.24) is 10.1 Å². The number of ether oxygens (including phenoxy) is 1. The Morgan fingerprint density at radius 3 is 2.58 bits per heavy atom. The van der Waals surface area contributed by atoms with Gasteiger partial charge in [-0.1, -0.05) is 5.16 Å². The number of hydrogen-bond acceptors (Lipinski definition) is 5. The van der Waals surface area contributed by atoms with Gasteiger partial charge < -0.3 is 14.6 Å². The molecule has 6 nitrogen and oxygen atoms in total. The fourth-order valence-corrected chi connectivity index (χ4v) is 2.32. The summed E-state index contributed by atoms with van der Waals surface area (Å²) in [6.45, 7) is 2.53. The molecule has 3 rings (SSSR count). The number of aryl methyl sites for hydroxylation is 1. The molecule has 0 saturated heterocycles. The van der Waals surface area contributed by atoms with E-state index in [4.69, 9.17) is 9.26 Å². The molecule has 2 aromatic carbocycles. The second-order valence-corrected chi connectivity index (χ2v) is 5.52. The Kier molecular flexibility index (Phi) is 5.58. The number of carbonyl (C=O) groups is 1. The predicted octanol–water partition coefficient (Wildman–Crippen LogP) is 3.85. The predicted molar refractivity (Wildman–Crippen MR) is 94.3 cm³/mol. The monoisotopic (exact) mass is 355 g/mol. The quantitative estimate of drug-likeness (QED) is 0.697. The molecule has 1 aromatic heterocycles. The molecule has 0 aliphatic rings. The maximum atomic E-state index is 12.8. The Morgan fingerprint density at radius 1 is 1.15 bits per heavy atom. The molecule has 0 fully saturated rings. The number of benzene rings is 2. The summed E-state index contributed by atoms with van der Waals surface area (Å²) in [7, 11) is 0. The molecule has 134 valence electrons. The molecule has 3 aromatic rings. The van der Waals surface area contributed by atoms with Crippen LogP contribution in [-0.4, -0.2) is 22.7 Å². The summed E-state index contributed by atoms with van der Waals surface area (Å²) in [6.07, 6.45) is 0.499. The summed E-state index contributed by atoms with van der Waals surface area (Å²) in [5.41, 5.74) is 1.34. The van der Waals surface area contributed by atoms with Crippen LogP contribution < -0.4 is 10.1 Å². The van der Waals surface area contributed by atoms with Crippen LogP contribution in [0.3, 0.4) is 0 Å². The van der Waals surface area contributed by atoms with E-state index in [1.165, 1.54) is 24.3 Å². The van der Waals surface area contributed by atoms with Crippen molar-refractivity contribution in [2.24, 2.45) is 0 Å². The van der Waals surface area contributed by atoms with E-state index in [-0.39, 0.29) is 18.1 Å². The van der Waals surface area contributed by atoms with Crippen molar-refractivity contribution in [3.63, 3.8) is 0 Å². The van der Waals surface area contributed by atoms with Gasteiger partial charge in [0.15, 0.2) is 0 Å². The van der Waals surface area contributed by atoms with E-state index >= 15 is 0 Å². The molecule has 0 bridgehead atoms. The standard InChI is InChI=1S/C19H18FN3O3/c1-2-25-16-9-3-13(4-10-16)19-22-18(26-23-19)12-11-17(24)21-15-7-5-14(20)6-8-15/h3-10H,2,11-12H2,1H3,(H,21,24). The molecule has 0 spiro atoms. The normalized spacial score (nSPS) is 10.5. The molecule has 7 heteroatoms. The second kappa shape index (κ2) is 8.24. The maximum absolute atomic E-state index is 12.8. The van der Waals surface area contributed by atoms with Gasteiger partial charge >= 0.3 is 0 Å². The van der Waals surface area contributed by atoms with E-state index in [0.717, 1.165) is 11.3 Å². The van der Waals surface area contributed by atoms with Crippen LogP contribution in [0.2, 0.25) is 0 Å². The zero-order valence-electron chi connectivity index (χ0n) is 14.2. The Bertz CT molecular complexity index is 860. The Labute approximate surface area is 150 Å². The Balaban J connectivity index is 1.54. The average molecular weight is 355 g/mol. The first-order valence-corrected chi connectivity index (χ1v) is 8.25. The van der Waals surface area contributed by atoms with Gasteiger partial charge in [0, 0.05) is 24.1 Å². The van der Waals surface area contributed by atoms with E-state index in [1.807, 2.05) is 31.2 Å². The lowest BCUT2D eigenvalue weighted by atomic mass is 10.2. The fourth-order valence-electron chi connectivity index (χ4n) is 2.32. The Hall–Kier alpha value is -3.22. The first kappa shape index (κ1) is 17.6. The van der Waals surface area contributed by atoms with Crippen molar-refractivity contribution in [1.29, 1.82) is 0 Å². The van der Waals surface area contributed by atoms with Crippen LogP contribution in [0, 0.1) is 5.82 Å². The number of nitrogens with zero attached hydrogens (tertiary/aromatic N) is 2. The molecule has 0 saturated carbocycles. The summed E-state index contributed by atoms with van der Waals surface area (Å²) in [5.74, 6) is 1.05. The molecule has 1 heterocycles. The minimum atomic E-state index is -0.351. The first-order valence-electron chi connectivity index (χ1n) is 8.25. The molecular formula is C19H18FN3O3. The van der Waals surface area contributed by atoms with Crippen LogP contribution in [0.5, 0.6) is 5.75 Å². The van der Waals surface area contributed by atoms with E-state index in [9.17, 15) is 9.18 Å². The van der Waals surface area contributed by atoms with Gasteiger partial charge in [-0.3, -0.25) is 4.79 Å². The molecular weight excluding hydrogens is 337 g/mol. The number of hydrogen-bond donors (Lipinski definition) is 1. The van der Waals surface area contributed by atoms with Gasteiger partial charge in [-0.05, 0) is 55.5 Å². The third-order valence-corrected chi connectivity index (χ3v) is 3.59. The molecule has 0 aliphatic heterocycles.